The number of aromatic nitrogens is 2. The van der Waals surface area contributed by atoms with Gasteiger partial charge in [0.2, 0.25) is 0 Å². The lowest BCUT2D eigenvalue weighted by Gasteiger charge is -2.00. The van der Waals surface area contributed by atoms with E-state index in [9.17, 15) is 0 Å². The topological polar surface area (TPSA) is 37.9 Å². The van der Waals surface area contributed by atoms with Gasteiger partial charge in [0.1, 0.15) is 18.0 Å². The molecule has 1 N–H and O–H groups in total. The summed E-state index contributed by atoms with van der Waals surface area (Å²) in [6.45, 7) is 0.311. The number of nitrogens with zero attached hydrogens (tertiary/aromatic N) is 1. The Kier molecular flexibility index (Phi) is 3.58. The molecule has 0 bridgehead atoms. The van der Waals surface area contributed by atoms with Crippen LogP contribution >= 0.6 is 11.6 Å². The van der Waals surface area contributed by atoms with Crippen molar-refractivity contribution in [1.29, 1.82) is 0 Å². The number of hydrogen-bond donors (Lipinski definition) is 1. The predicted octanol–water partition coefficient (Wildman–Crippen LogP) is 3.65. The standard InChI is InChI=1S/C16H11ClN2O/c17-15-12(11-19-16-14(15)8-9-18-16)5-4-10-20-13-6-2-1-3-7-13/h1-3,6-9,11H,10H2,(H,18,19). The minimum absolute atomic E-state index is 0.311. The third-order valence-corrected chi connectivity index (χ3v) is 3.21. The molecule has 3 nitrogen and oxygen atoms in total. The summed E-state index contributed by atoms with van der Waals surface area (Å²) in [5.41, 5.74) is 1.47. The SMILES string of the molecule is Clc1c(C#CCOc2ccccc2)cnc2[nH]ccc12. The molecule has 0 saturated heterocycles. The van der Waals surface area contributed by atoms with E-state index in [1.807, 2.05) is 36.4 Å². The molecule has 1 aromatic carbocycles. The van der Waals surface area contributed by atoms with Gasteiger partial charge in [0.05, 0.1) is 10.6 Å². The van der Waals surface area contributed by atoms with Crippen molar-refractivity contribution in [3.05, 3.63) is 59.4 Å². The monoisotopic (exact) mass is 282 g/mol. The largest absolute Gasteiger partial charge is 0.481 e. The molecule has 0 unspecified atom stereocenters. The summed E-state index contributed by atoms with van der Waals surface area (Å²) < 4.78 is 5.50. The van der Waals surface area contributed by atoms with Crippen LogP contribution < -0.4 is 4.74 Å². The van der Waals surface area contributed by atoms with Gasteiger partial charge in [-0.3, -0.25) is 0 Å². The van der Waals surface area contributed by atoms with Crippen LogP contribution in [0.4, 0.5) is 0 Å². The minimum atomic E-state index is 0.311. The maximum Gasteiger partial charge on any atom is 0.149 e. The molecule has 0 amide bonds. The van der Waals surface area contributed by atoms with Crippen LogP contribution in [-0.4, -0.2) is 16.6 Å². The lowest BCUT2D eigenvalue weighted by molar-refractivity contribution is 0.370. The zero-order valence-corrected chi connectivity index (χ0v) is 11.3. The normalized spacial score (nSPS) is 10.1. The minimum Gasteiger partial charge on any atom is -0.481 e. The number of H-pyrrole nitrogens is 1. The second-order valence-corrected chi connectivity index (χ2v) is 4.51. The van der Waals surface area contributed by atoms with Crippen LogP contribution in [0.5, 0.6) is 5.75 Å². The lowest BCUT2D eigenvalue weighted by Crippen LogP contribution is -1.93. The fraction of sp³-hybridized carbons (Fsp3) is 0.0625. The Hall–Kier alpha value is -2.44. The molecule has 0 aliphatic carbocycles. The Labute approximate surface area is 121 Å². The van der Waals surface area contributed by atoms with Gasteiger partial charge in [-0.05, 0) is 18.2 Å². The zero-order chi connectivity index (χ0) is 13.8. The number of nitrogens with one attached hydrogen (secondary N) is 1. The second-order valence-electron chi connectivity index (χ2n) is 4.13. The van der Waals surface area contributed by atoms with Crippen molar-refractivity contribution in [3.63, 3.8) is 0 Å². The third-order valence-electron chi connectivity index (χ3n) is 2.80. The van der Waals surface area contributed by atoms with Crippen LogP contribution in [0.25, 0.3) is 11.0 Å². The number of ether oxygens (including phenoxy) is 1. The van der Waals surface area contributed by atoms with E-state index in [0.717, 1.165) is 16.8 Å². The average Bonchev–Trinajstić information content (AvgIpc) is 2.96. The van der Waals surface area contributed by atoms with E-state index in [0.29, 0.717) is 17.2 Å². The van der Waals surface area contributed by atoms with Gasteiger partial charge in [0.15, 0.2) is 0 Å². The van der Waals surface area contributed by atoms with Crippen molar-refractivity contribution < 1.29 is 4.74 Å². The molecule has 3 rings (SSSR count). The van der Waals surface area contributed by atoms with E-state index >= 15 is 0 Å². The number of hydrogen-bond acceptors (Lipinski definition) is 2. The van der Waals surface area contributed by atoms with Crippen molar-refractivity contribution in [2.45, 2.75) is 0 Å². The first-order valence-corrected chi connectivity index (χ1v) is 6.51. The first-order valence-electron chi connectivity index (χ1n) is 6.13. The van der Waals surface area contributed by atoms with E-state index in [2.05, 4.69) is 21.8 Å². The summed E-state index contributed by atoms with van der Waals surface area (Å²) in [6, 6.07) is 11.4. The van der Waals surface area contributed by atoms with Crippen molar-refractivity contribution in [1.82, 2.24) is 9.97 Å². The molecule has 98 valence electrons. The van der Waals surface area contributed by atoms with E-state index in [1.54, 1.807) is 12.4 Å². The van der Waals surface area contributed by atoms with Gasteiger partial charge in [-0.2, -0.15) is 0 Å². The number of pyridine rings is 1. The molecule has 0 aliphatic rings. The van der Waals surface area contributed by atoms with Crippen LogP contribution in [0.3, 0.4) is 0 Å². The number of halogens is 1. The first kappa shape index (κ1) is 12.6. The van der Waals surface area contributed by atoms with E-state index in [4.69, 9.17) is 16.3 Å². The van der Waals surface area contributed by atoms with Crippen molar-refractivity contribution in [2.75, 3.05) is 6.61 Å². The van der Waals surface area contributed by atoms with Crippen LogP contribution in [-0.2, 0) is 0 Å². The maximum atomic E-state index is 6.28. The molecule has 0 fully saturated rings. The van der Waals surface area contributed by atoms with Gasteiger partial charge >= 0.3 is 0 Å². The Morgan fingerprint density at radius 2 is 2.05 bits per heavy atom. The highest BCUT2D eigenvalue weighted by atomic mass is 35.5. The van der Waals surface area contributed by atoms with Crippen molar-refractivity contribution in [3.8, 4) is 17.6 Å². The van der Waals surface area contributed by atoms with Crippen LogP contribution in [0.1, 0.15) is 5.56 Å². The van der Waals surface area contributed by atoms with E-state index < -0.39 is 0 Å². The molecule has 20 heavy (non-hydrogen) atoms. The molecule has 4 heteroatoms. The van der Waals surface area contributed by atoms with Crippen LogP contribution in [0.15, 0.2) is 48.8 Å². The summed E-state index contributed by atoms with van der Waals surface area (Å²) in [4.78, 5) is 7.26. The molecule has 0 aliphatic heterocycles. The van der Waals surface area contributed by atoms with Gasteiger partial charge in [-0.1, -0.05) is 41.6 Å². The molecule has 0 radical (unpaired) electrons. The van der Waals surface area contributed by atoms with E-state index in [1.165, 1.54) is 0 Å². The summed E-state index contributed by atoms with van der Waals surface area (Å²) in [5.74, 6) is 6.72. The molecule has 0 spiro atoms. The second kappa shape index (κ2) is 5.68. The molecule has 3 aromatic rings. The van der Waals surface area contributed by atoms with Gasteiger partial charge < -0.3 is 9.72 Å². The summed E-state index contributed by atoms with van der Waals surface area (Å²) in [6.07, 6.45) is 3.47. The van der Waals surface area contributed by atoms with Crippen LogP contribution in [0, 0.1) is 11.8 Å². The van der Waals surface area contributed by atoms with Gasteiger partial charge in [-0.15, -0.1) is 0 Å². The Morgan fingerprint density at radius 1 is 1.20 bits per heavy atom. The molecule has 2 aromatic heterocycles. The zero-order valence-electron chi connectivity index (χ0n) is 10.6. The maximum absolute atomic E-state index is 6.28. The third kappa shape index (κ3) is 2.61. The predicted molar refractivity (Wildman–Crippen MR) is 79.9 cm³/mol. The number of aromatic amines is 1. The number of benzene rings is 1. The quantitative estimate of drug-likeness (QED) is 0.729. The molecule has 0 atom stereocenters. The highest BCUT2D eigenvalue weighted by Crippen LogP contribution is 2.24. The van der Waals surface area contributed by atoms with Crippen LogP contribution in [0.2, 0.25) is 5.02 Å². The fourth-order valence-electron chi connectivity index (χ4n) is 1.83. The van der Waals surface area contributed by atoms with Crippen molar-refractivity contribution in [2.24, 2.45) is 0 Å². The summed E-state index contributed by atoms with van der Waals surface area (Å²) >= 11 is 6.28. The molecular formula is C16H11ClN2O. The van der Waals surface area contributed by atoms with E-state index in [-0.39, 0.29) is 0 Å². The highest BCUT2D eigenvalue weighted by molar-refractivity contribution is 6.36. The van der Waals surface area contributed by atoms with Gasteiger partial charge in [0.25, 0.3) is 0 Å². The Balaban J connectivity index is 1.74. The Morgan fingerprint density at radius 3 is 2.90 bits per heavy atom. The summed E-state index contributed by atoms with van der Waals surface area (Å²) in [7, 11) is 0. The lowest BCUT2D eigenvalue weighted by atomic mass is 10.2. The van der Waals surface area contributed by atoms with Crippen molar-refractivity contribution >= 4 is 22.6 Å². The summed E-state index contributed by atoms with van der Waals surface area (Å²) in [5, 5.41) is 1.49. The number of para-hydroxylation sites is 1. The fourth-order valence-corrected chi connectivity index (χ4v) is 2.08. The molecule has 2 heterocycles. The smallest absolute Gasteiger partial charge is 0.149 e. The van der Waals surface area contributed by atoms with Gasteiger partial charge in [0, 0.05) is 17.8 Å². The number of rotatable bonds is 2. The number of fused-ring (bicyclic) bond motifs is 1. The van der Waals surface area contributed by atoms with Gasteiger partial charge in [-0.25, -0.2) is 4.98 Å². The molecular weight excluding hydrogens is 272 g/mol. The molecule has 0 saturated carbocycles. The first-order chi connectivity index (χ1) is 9.84. The Bertz CT molecular complexity index is 784. The average molecular weight is 283 g/mol. The highest BCUT2D eigenvalue weighted by Gasteiger charge is 2.04.